The van der Waals surface area contributed by atoms with Crippen LogP contribution in [0.2, 0.25) is 10.0 Å². The minimum absolute atomic E-state index is 0.136. The summed E-state index contributed by atoms with van der Waals surface area (Å²) < 4.78 is 16.9. The minimum atomic E-state index is -0.320. The van der Waals surface area contributed by atoms with Crippen LogP contribution in [0.4, 0.5) is 0 Å². The molecule has 1 aromatic carbocycles. The van der Waals surface area contributed by atoms with Crippen LogP contribution in [0.3, 0.4) is 0 Å². The molecular formula is C21H29Cl4NO4. The maximum absolute atomic E-state index is 6.25. The fraction of sp³-hybridized carbons (Fsp3) is 0.571. The molecule has 0 aliphatic rings. The molecule has 0 aliphatic carbocycles. The van der Waals surface area contributed by atoms with Crippen LogP contribution in [-0.2, 0) is 9.57 Å². The summed E-state index contributed by atoms with van der Waals surface area (Å²) in [5.41, 5.74) is -0.320. The second-order valence-electron chi connectivity index (χ2n) is 7.45. The van der Waals surface area contributed by atoms with Crippen LogP contribution in [-0.4, -0.2) is 31.3 Å². The van der Waals surface area contributed by atoms with E-state index in [0.717, 1.165) is 25.7 Å². The fourth-order valence-corrected chi connectivity index (χ4v) is 2.84. The molecule has 0 N–H and O–H groups in total. The van der Waals surface area contributed by atoms with Crippen LogP contribution in [0.15, 0.2) is 27.9 Å². The first-order valence-electron chi connectivity index (χ1n) is 9.70. The lowest BCUT2D eigenvalue weighted by Crippen LogP contribution is -2.17. The van der Waals surface area contributed by atoms with Gasteiger partial charge in [-0.2, -0.15) is 0 Å². The standard InChI is InChI=1S/C21H29Cl4NO4/c1-15(26-30-21(2,3)4)27-10-7-5-6-8-11-29-20-17(22)13-16(14-18(20)23)28-12-9-19(24)25/h9,13-14H,5-8,10-12H2,1-4H3. The summed E-state index contributed by atoms with van der Waals surface area (Å²) in [6.45, 7) is 8.93. The van der Waals surface area contributed by atoms with Gasteiger partial charge in [-0.15, -0.1) is 0 Å². The molecule has 0 saturated heterocycles. The van der Waals surface area contributed by atoms with E-state index in [1.165, 1.54) is 6.08 Å². The normalized spacial score (nSPS) is 11.8. The molecule has 30 heavy (non-hydrogen) atoms. The van der Waals surface area contributed by atoms with Gasteiger partial charge in [0.15, 0.2) is 5.75 Å². The number of benzene rings is 1. The Labute approximate surface area is 199 Å². The molecule has 0 atom stereocenters. The molecule has 0 aliphatic heterocycles. The number of unbranched alkanes of at least 4 members (excludes halogenated alkanes) is 3. The molecule has 0 bridgehead atoms. The summed E-state index contributed by atoms with van der Waals surface area (Å²) >= 11 is 23.6. The van der Waals surface area contributed by atoms with Crippen molar-refractivity contribution in [2.24, 2.45) is 5.16 Å². The zero-order valence-corrected chi connectivity index (χ0v) is 20.8. The molecule has 170 valence electrons. The van der Waals surface area contributed by atoms with Crippen LogP contribution in [0.5, 0.6) is 11.5 Å². The van der Waals surface area contributed by atoms with Gasteiger partial charge in [-0.25, -0.2) is 0 Å². The SMILES string of the molecule is CC(=NOC(C)(C)C)OCCCCCCOc1c(Cl)cc(OCC=C(Cl)Cl)cc1Cl. The van der Waals surface area contributed by atoms with E-state index < -0.39 is 0 Å². The van der Waals surface area contributed by atoms with Crippen molar-refractivity contribution in [1.82, 2.24) is 0 Å². The second-order valence-corrected chi connectivity index (χ2v) is 9.27. The molecule has 0 heterocycles. The van der Waals surface area contributed by atoms with Crippen molar-refractivity contribution in [2.75, 3.05) is 19.8 Å². The highest BCUT2D eigenvalue weighted by molar-refractivity contribution is 6.55. The molecule has 1 aromatic rings. The monoisotopic (exact) mass is 499 g/mol. The van der Waals surface area contributed by atoms with Crippen molar-refractivity contribution in [3.63, 3.8) is 0 Å². The van der Waals surface area contributed by atoms with E-state index in [1.807, 2.05) is 20.8 Å². The summed E-state index contributed by atoms with van der Waals surface area (Å²) in [6, 6.07) is 3.28. The van der Waals surface area contributed by atoms with E-state index in [4.69, 9.17) is 65.5 Å². The van der Waals surface area contributed by atoms with Gasteiger partial charge in [0.2, 0.25) is 5.90 Å². The molecule has 1 rings (SSSR count). The molecule has 9 heteroatoms. The van der Waals surface area contributed by atoms with E-state index in [-0.39, 0.29) is 16.7 Å². The highest BCUT2D eigenvalue weighted by atomic mass is 35.5. The Hall–Kier alpha value is -1.01. The molecule has 0 saturated carbocycles. The first kappa shape index (κ1) is 27.0. The van der Waals surface area contributed by atoms with Crippen LogP contribution < -0.4 is 9.47 Å². The molecule has 0 radical (unpaired) electrons. The molecule has 0 spiro atoms. The van der Waals surface area contributed by atoms with Crippen LogP contribution in [0.1, 0.15) is 53.4 Å². The van der Waals surface area contributed by atoms with Crippen molar-refractivity contribution in [3.8, 4) is 11.5 Å². The van der Waals surface area contributed by atoms with Gasteiger partial charge in [-0.05, 0) is 52.5 Å². The van der Waals surface area contributed by atoms with E-state index in [1.54, 1.807) is 19.1 Å². The molecule has 0 fully saturated rings. The Morgan fingerprint density at radius 1 is 0.967 bits per heavy atom. The largest absolute Gasteiger partial charge is 0.490 e. The van der Waals surface area contributed by atoms with Crippen LogP contribution in [0, 0.1) is 0 Å². The lowest BCUT2D eigenvalue weighted by atomic mass is 10.2. The predicted molar refractivity (Wildman–Crippen MR) is 126 cm³/mol. The molecule has 0 aromatic heterocycles. The van der Waals surface area contributed by atoms with Gasteiger partial charge in [-0.3, -0.25) is 0 Å². The summed E-state index contributed by atoms with van der Waals surface area (Å²) in [5.74, 6) is 1.49. The number of oxime groups is 1. The number of hydrogen-bond donors (Lipinski definition) is 0. The molecule has 5 nitrogen and oxygen atoms in total. The van der Waals surface area contributed by atoms with Crippen molar-refractivity contribution in [3.05, 3.63) is 32.7 Å². The third-order valence-electron chi connectivity index (χ3n) is 3.50. The Bertz CT molecular complexity index is 690. The smallest absolute Gasteiger partial charge is 0.222 e. The topological polar surface area (TPSA) is 49.3 Å². The van der Waals surface area contributed by atoms with Crippen molar-refractivity contribution in [2.45, 2.75) is 59.0 Å². The summed E-state index contributed by atoms with van der Waals surface area (Å²) in [7, 11) is 0. The highest BCUT2D eigenvalue weighted by Crippen LogP contribution is 2.37. The van der Waals surface area contributed by atoms with Gasteiger partial charge in [0.05, 0.1) is 23.3 Å². The zero-order chi connectivity index (χ0) is 22.6. The predicted octanol–water partition coefficient (Wildman–Crippen LogP) is 7.80. The van der Waals surface area contributed by atoms with E-state index in [2.05, 4.69) is 5.16 Å². The molecule has 0 unspecified atom stereocenters. The minimum Gasteiger partial charge on any atom is -0.490 e. The Balaban J connectivity index is 2.24. The zero-order valence-electron chi connectivity index (χ0n) is 17.8. The van der Waals surface area contributed by atoms with Gasteiger partial charge >= 0.3 is 0 Å². The van der Waals surface area contributed by atoms with Gasteiger partial charge in [0, 0.05) is 19.1 Å². The second kappa shape index (κ2) is 14.1. The van der Waals surface area contributed by atoms with Gasteiger partial charge in [-0.1, -0.05) is 51.6 Å². The maximum atomic E-state index is 6.25. The van der Waals surface area contributed by atoms with Crippen LogP contribution in [0.25, 0.3) is 0 Å². The first-order valence-corrected chi connectivity index (χ1v) is 11.2. The van der Waals surface area contributed by atoms with E-state index in [0.29, 0.717) is 40.7 Å². The van der Waals surface area contributed by atoms with Gasteiger partial charge in [0.25, 0.3) is 0 Å². The van der Waals surface area contributed by atoms with Gasteiger partial charge in [0.1, 0.15) is 22.4 Å². The third-order valence-corrected chi connectivity index (χ3v) is 4.37. The maximum Gasteiger partial charge on any atom is 0.222 e. The quantitative estimate of drug-likeness (QED) is 0.127. The Morgan fingerprint density at radius 3 is 2.13 bits per heavy atom. The summed E-state index contributed by atoms with van der Waals surface area (Å²) in [6.07, 6.45) is 5.34. The highest BCUT2D eigenvalue weighted by Gasteiger charge is 2.11. The number of halogens is 4. The van der Waals surface area contributed by atoms with Crippen molar-refractivity contribution < 1.29 is 19.0 Å². The van der Waals surface area contributed by atoms with Crippen molar-refractivity contribution in [1.29, 1.82) is 0 Å². The van der Waals surface area contributed by atoms with E-state index in [9.17, 15) is 0 Å². The number of hydrogen-bond acceptors (Lipinski definition) is 5. The third kappa shape index (κ3) is 12.6. The first-order chi connectivity index (χ1) is 14.1. The number of nitrogens with zero attached hydrogens (tertiary/aromatic N) is 1. The summed E-state index contributed by atoms with van der Waals surface area (Å²) in [5, 5.41) is 4.72. The fourth-order valence-electron chi connectivity index (χ4n) is 2.14. The lowest BCUT2D eigenvalue weighted by molar-refractivity contribution is -0.00395. The van der Waals surface area contributed by atoms with Crippen LogP contribution >= 0.6 is 46.4 Å². The average molecular weight is 501 g/mol. The molecular weight excluding hydrogens is 472 g/mol. The Kier molecular flexibility index (Phi) is 12.7. The van der Waals surface area contributed by atoms with Gasteiger partial charge < -0.3 is 19.0 Å². The van der Waals surface area contributed by atoms with Crippen molar-refractivity contribution >= 4 is 52.3 Å². The number of rotatable bonds is 12. The Morgan fingerprint density at radius 2 is 1.57 bits per heavy atom. The average Bonchev–Trinajstić information content (AvgIpc) is 2.63. The summed E-state index contributed by atoms with van der Waals surface area (Å²) in [4.78, 5) is 5.30. The van der Waals surface area contributed by atoms with E-state index >= 15 is 0 Å². The number of ether oxygens (including phenoxy) is 3. The lowest BCUT2D eigenvalue weighted by Gasteiger charge is -2.16. The molecule has 0 amide bonds.